The van der Waals surface area contributed by atoms with Gasteiger partial charge in [0, 0.05) is 31.0 Å². The van der Waals surface area contributed by atoms with Gasteiger partial charge in [-0.15, -0.1) is 0 Å². The maximum Gasteiger partial charge on any atom is 0.417 e. The molecule has 4 rings (SSSR count). The summed E-state index contributed by atoms with van der Waals surface area (Å²) >= 11 is 0. The number of nitrogens with one attached hydrogen (secondary N) is 2. The quantitative estimate of drug-likeness (QED) is 0.661. The third kappa shape index (κ3) is 3.18. The van der Waals surface area contributed by atoms with Crippen molar-refractivity contribution in [1.29, 1.82) is 0 Å². The summed E-state index contributed by atoms with van der Waals surface area (Å²) in [7, 11) is 0. The molecule has 3 aromatic rings. The molecule has 0 amide bonds. The Balaban J connectivity index is 1.52. The van der Waals surface area contributed by atoms with Crippen LogP contribution in [-0.4, -0.2) is 25.9 Å². The van der Waals surface area contributed by atoms with Crippen LogP contribution in [0.15, 0.2) is 30.6 Å². The lowest BCUT2D eigenvalue weighted by Gasteiger charge is -2.33. The monoisotopic (exact) mass is 369 g/mol. The van der Waals surface area contributed by atoms with E-state index in [1.165, 1.54) is 12.3 Å². The van der Waals surface area contributed by atoms with Crippen molar-refractivity contribution in [3.63, 3.8) is 0 Å². The number of nitrogens with zero attached hydrogens (tertiary/aromatic N) is 3. The van der Waals surface area contributed by atoms with Gasteiger partial charge >= 0.3 is 6.18 Å². The molecule has 26 heavy (non-hydrogen) atoms. The van der Waals surface area contributed by atoms with Crippen LogP contribution in [0.3, 0.4) is 0 Å². The first kappa shape index (κ1) is 16.7. The van der Waals surface area contributed by atoms with Gasteiger partial charge < -0.3 is 10.3 Å². The molecule has 3 heterocycles. The van der Waals surface area contributed by atoms with Crippen LogP contribution in [-0.2, 0) is 6.18 Å². The fraction of sp³-hybridized carbons (Fsp3) is 0.312. The summed E-state index contributed by atoms with van der Waals surface area (Å²) in [6.45, 7) is 0. The molecule has 1 fully saturated rings. The van der Waals surface area contributed by atoms with E-state index in [-0.39, 0.29) is 24.6 Å². The molecule has 0 atom stereocenters. The van der Waals surface area contributed by atoms with E-state index in [0.29, 0.717) is 22.7 Å². The highest BCUT2D eigenvalue weighted by Gasteiger charge is 2.47. The molecule has 0 aromatic carbocycles. The maximum atomic E-state index is 13.0. The molecule has 0 saturated heterocycles. The normalized spacial score (nSPS) is 17.3. The smallest absolute Gasteiger partial charge is 0.340 e. The van der Waals surface area contributed by atoms with Gasteiger partial charge in [-0.3, -0.25) is 0 Å². The lowest BCUT2D eigenvalue weighted by molar-refractivity contribution is -0.137. The Hall–Kier alpha value is -2.78. The number of anilines is 2. The molecule has 1 aliphatic rings. The Morgan fingerprint density at radius 3 is 2.42 bits per heavy atom. The van der Waals surface area contributed by atoms with Gasteiger partial charge in [0.1, 0.15) is 17.5 Å². The molecule has 3 aromatic heterocycles. The van der Waals surface area contributed by atoms with Crippen molar-refractivity contribution in [2.24, 2.45) is 0 Å². The number of imidazole rings is 1. The van der Waals surface area contributed by atoms with Gasteiger partial charge in [0.25, 0.3) is 0 Å². The van der Waals surface area contributed by atoms with E-state index in [4.69, 9.17) is 0 Å². The Kier molecular flexibility index (Phi) is 3.60. The third-order valence-corrected chi connectivity index (χ3v) is 4.21. The van der Waals surface area contributed by atoms with Gasteiger partial charge in [0.15, 0.2) is 0 Å². The van der Waals surface area contributed by atoms with Gasteiger partial charge in [-0.1, -0.05) is 0 Å². The number of halogens is 5. The lowest BCUT2D eigenvalue weighted by Crippen LogP contribution is -2.34. The molecule has 0 spiro atoms. The van der Waals surface area contributed by atoms with Crippen molar-refractivity contribution in [2.45, 2.75) is 30.9 Å². The SMILES string of the molecule is FC1(F)CC(c2nc3cc(Nc4ccc(C(F)(F)F)cn4)ncc3[nH]2)C1. The van der Waals surface area contributed by atoms with Crippen LogP contribution in [0.2, 0.25) is 0 Å². The van der Waals surface area contributed by atoms with Crippen molar-refractivity contribution in [1.82, 2.24) is 19.9 Å². The lowest BCUT2D eigenvalue weighted by atomic mass is 9.81. The zero-order chi connectivity index (χ0) is 18.5. The molecule has 0 aliphatic heterocycles. The predicted octanol–water partition coefficient (Wildman–Crippen LogP) is 4.63. The molecular weight excluding hydrogens is 357 g/mol. The number of fused-ring (bicyclic) bond motifs is 1. The van der Waals surface area contributed by atoms with Crippen molar-refractivity contribution < 1.29 is 22.0 Å². The van der Waals surface area contributed by atoms with Crippen molar-refractivity contribution in [2.75, 3.05) is 5.32 Å². The van der Waals surface area contributed by atoms with Crippen LogP contribution in [0.1, 0.15) is 30.1 Å². The second-order valence-corrected chi connectivity index (χ2v) is 6.22. The second-order valence-electron chi connectivity index (χ2n) is 6.22. The molecule has 2 N–H and O–H groups in total. The van der Waals surface area contributed by atoms with E-state index in [2.05, 4.69) is 25.3 Å². The van der Waals surface area contributed by atoms with Gasteiger partial charge in [-0.05, 0) is 12.1 Å². The standard InChI is InChI=1S/C16H12F5N5/c17-15(18)4-8(5-15)14-24-10-3-13(23-7-11(10)25-14)26-12-2-1-9(6-22-12)16(19,20)21/h1-3,6-8H,4-5H2,(H,24,25)(H,22,23,26). The molecule has 1 aliphatic carbocycles. The van der Waals surface area contributed by atoms with Crippen LogP contribution in [0.5, 0.6) is 0 Å². The molecule has 0 radical (unpaired) electrons. The topological polar surface area (TPSA) is 66.5 Å². The number of aromatic amines is 1. The zero-order valence-electron chi connectivity index (χ0n) is 13.1. The summed E-state index contributed by atoms with van der Waals surface area (Å²) in [6, 6.07) is 3.68. The largest absolute Gasteiger partial charge is 0.417 e. The average molecular weight is 369 g/mol. The van der Waals surface area contributed by atoms with Crippen molar-refractivity contribution in [3.8, 4) is 0 Å². The fourth-order valence-electron chi connectivity index (χ4n) is 2.81. The first-order chi connectivity index (χ1) is 12.2. The minimum absolute atomic E-state index is 0.194. The molecule has 0 bridgehead atoms. The number of aromatic nitrogens is 4. The number of pyridine rings is 2. The number of hydrogen-bond donors (Lipinski definition) is 2. The Bertz CT molecular complexity index is 940. The molecule has 0 unspecified atom stereocenters. The number of rotatable bonds is 3. The first-order valence-electron chi connectivity index (χ1n) is 7.73. The predicted molar refractivity (Wildman–Crippen MR) is 83.3 cm³/mol. The van der Waals surface area contributed by atoms with E-state index in [1.54, 1.807) is 6.07 Å². The van der Waals surface area contributed by atoms with Crippen LogP contribution >= 0.6 is 0 Å². The van der Waals surface area contributed by atoms with Gasteiger partial charge in [0.05, 0.1) is 22.8 Å². The Morgan fingerprint density at radius 2 is 1.81 bits per heavy atom. The van der Waals surface area contributed by atoms with E-state index in [9.17, 15) is 22.0 Å². The van der Waals surface area contributed by atoms with Crippen molar-refractivity contribution >= 4 is 22.7 Å². The summed E-state index contributed by atoms with van der Waals surface area (Å²) in [5, 5.41) is 2.79. The average Bonchev–Trinajstić information content (AvgIpc) is 2.95. The summed E-state index contributed by atoms with van der Waals surface area (Å²) in [5.74, 6) is -1.94. The van der Waals surface area contributed by atoms with Crippen LogP contribution < -0.4 is 5.32 Å². The number of H-pyrrole nitrogens is 1. The van der Waals surface area contributed by atoms with Crippen LogP contribution in [0.25, 0.3) is 11.0 Å². The minimum atomic E-state index is -4.45. The van der Waals surface area contributed by atoms with Gasteiger partial charge in [-0.25, -0.2) is 23.7 Å². The summed E-state index contributed by atoms with van der Waals surface area (Å²) in [5.41, 5.74) is 0.279. The number of hydrogen-bond acceptors (Lipinski definition) is 4. The van der Waals surface area contributed by atoms with Gasteiger partial charge in [-0.2, -0.15) is 13.2 Å². The van der Waals surface area contributed by atoms with E-state index in [0.717, 1.165) is 12.3 Å². The highest BCUT2D eigenvalue weighted by Crippen LogP contribution is 2.47. The fourth-order valence-corrected chi connectivity index (χ4v) is 2.81. The van der Waals surface area contributed by atoms with E-state index in [1.807, 2.05) is 0 Å². The van der Waals surface area contributed by atoms with Crippen molar-refractivity contribution in [3.05, 3.63) is 42.0 Å². The summed E-state index contributed by atoms with van der Waals surface area (Å²) < 4.78 is 63.6. The van der Waals surface area contributed by atoms with Crippen LogP contribution in [0.4, 0.5) is 33.6 Å². The highest BCUT2D eigenvalue weighted by molar-refractivity contribution is 5.78. The van der Waals surface area contributed by atoms with E-state index >= 15 is 0 Å². The Labute approximate surface area is 143 Å². The molecule has 5 nitrogen and oxygen atoms in total. The Morgan fingerprint density at radius 1 is 1.08 bits per heavy atom. The maximum absolute atomic E-state index is 13.0. The third-order valence-electron chi connectivity index (χ3n) is 4.21. The number of alkyl halides is 5. The minimum Gasteiger partial charge on any atom is -0.340 e. The highest BCUT2D eigenvalue weighted by atomic mass is 19.4. The molecule has 1 saturated carbocycles. The summed E-state index contributed by atoms with van der Waals surface area (Å²) in [4.78, 5) is 15.1. The van der Waals surface area contributed by atoms with Crippen LogP contribution in [0, 0.1) is 0 Å². The molecule has 136 valence electrons. The summed E-state index contributed by atoms with van der Waals surface area (Å²) in [6.07, 6.45) is -2.71. The first-order valence-corrected chi connectivity index (χ1v) is 7.73. The van der Waals surface area contributed by atoms with E-state index < -0.39 is 17.7 Å². The second kappa shape index (κ2) is 5.61. The molecular formula is C16H12F5N5. The van der Waals surface area contributed by atoms with Gasteiger partial charge in [0.2, 0.25) is 5.92 Å². The zero-order valence-corrected chi connectivity index (χ0v) is 13.1. The molecule has 10 heteroatoms.